The highest BCUT2D eigenvalue weighted by molar-refractivity contribution is 5.76. The molecule has 1 heterocycles. The van der Waals surface area contributed by atoms with Crippen molar-refractivity contribution in [3.8, 4) is 11.5 Å². The summed E-state index contributed by atoms with van der Waals surface area (Å²) in [4.78, 5) is 14.4. The van der Waals surface area contributed by atoms with Crippen molar-refractivity contribution in [1.29, 1.82) is 0 Å². The number of nitrogens with zero attached hydrogens (tertiary/aromatic N) is 1. The van der Waals surface area contributed by atoms with Gasteiger partial charge in [0.2, 0.25) is 12.7 Å². The number of hydrogen-bond acceptors (Lipinski definition) is 3. The molecule has 1 aliphatic heterocycles. The van der Waals surface area contributed by atoms with Crippen LogP contribution in [0.25, 0.3) is 0 Å². The average Bonchev–Trinajstić information content (AvgIpc) is 2.95. The van der Waals surface area contributed by atoms with E-state index in [4.69, 9.17) is 9.47 Å². The highest BCUT2D eigenvalue weighted by Crippen LogP contribution is 2.33. The van der Waals surface area contributed by atoms with Crippen LogP contribution >= 0.6 is 0 Å². The summed E-state index contributed by atoms with van der Waals surface area (Å²) >= 11 is 0. The van der Waals surface area contributed by atoms with Crippen LogP contribution in [0.4, 0.5) is 0 Å². The average molecular weight is 305 g/mol. The second kappa shape index (κ2) is 7.52. The molecule has 0 spiro atoms. The Balaban J connectivity index is 1.99. The number of hydrogen-bond donors (Lipinski definition) is 0. The molecule has 2 unspecified atom stereocenters. The van der Waals surface area contributed by atoms with Gasteiger partial charge in [0.05, 0.1) is 0 Å². The van der Waals surface area contributed by atoms with Gasteiger partial charge < -0.3 is 14.4 Å². The van der Waals surface area contributed by atoms with Gasteiger partial charge in [-0.25, -0.2) is 0 Å². The molecule has 0 saturated heterocycles. The molecule has 1 amide bonds. The van der Waals surface area contributed by atoms with Crippen LogP contribution in [0.2, 0.25) is 0 Å². The highest BCUT2D eigenvalue weighted by Gasteiger charge is 2.21. The van der Waals surface area contributed by atoms with E-state index in [0.29, 0.717) is 19.1 Å². The molecular formula is C18H27NO3. The van der Waals surface area contributed by atoms with E-state index in [0.717, 1.165) is 30.9 Å². The van der Waals surface area contributed by atoms with Crippen LogP contribution in [0.5, 0.6) is 11.5 Å². The molecule has 4 nitrogen and oxygen atoms in total. The molecular weight excluding hydrogens is 278 g/mol. The first-order chi connectivity index (χ1) is 10.5. The van der Waals surface area contributed by atoms with Crippen LogP contribution < -0.4 is 9.47 Å². The van der Waals surface area contributed by atoms with E-state index in [9.17, 15) is 4.79 Å². The van der Waals surface area contributed by atoms with Crippen molar-refractivity contribution in [2.45, 2.75) is 53.0 Å². The zero-order chi connectivity index (χ0) is 16.1. The van der Waals surface area contributed by atoms with Crippen LogP contribution in [0.3, 0.4) is 0 Å². The topological polar surface area (TPSA) is 38.8 Å². The fraction of sp³-hybridized carbons (Fsp3) is 0.611. The van der Waals surface area contributed by atoms with Crippen molar-refractivity contribution >= 4 is 5.91 Å². The quantitative estimate of drug-likeness (QED) is 0.772. The Kier molecular flexibility index (Phi) is 5.69. The summed E-state index contributed by atoms with van der Waals surface area (Å²) < 4.78 is 10.8. The summed E-state index contributed by atoms with van der Waals surface area (Å²) in [5.41, 5.74) is 1.17. The van der Waals surface area contributed by atoms with Gasteiger partial charge in [-0.3, -0.25) is 4.79 Å². The Labute approximate surface area is 133 Å². The Hall–Kier alpha value is -1.71. The van der Waals surface area contributed by atoms with Crippen LogP contribution in [-0.4, -0.2) is 30.2 Å². The molecule has 4 heteroatoms. The van der Waals surface area contributed by atoms with Crippen LogP contribution in [0.15, 0.2) is 18.2 Å². The Morgan fingerprint density at radius 2 is 1.95 bits per heavy atom. The van der Waals surface area contributed by atoms with Crippen LogP contribution in [-0.2, 0) is 11.2 Å². The van der Waals surface area contributed by atoms with E-state index >= 15 is 0 Å². The predicted octanol–water partition coefficient (Wildman–Crippen LogP) is 3.63. The lowest BCUT2D eigenvalue weighted by molar-refractivity contribution is -0.133. The predicted molar refractivity (Wildman–Crippen MR) is 87.2 cm³/mol. The maximum Gasteiger partial charge on any atom is 0.231 e. The summed E-state index contributed by atoms with van der Waals surface area (Å²) in [5.74, 6) is 2.31. The fourth-order valence-corrected chi connectivity index (χ4v) is 2.81. The molecule has 22 heavy (non-hydrogen) atoms. The van der Waals surface area contributed by atoms with Gasteiger partial charge in [0.15, 0.2) is 11.5 Å². The van der Waals surface area contributed by atoms with E-state index in [1.165, 1.54) is 5.56 Å². The molecule has 2 rings (SSSR count). The molecule has 0 fully saturated rings. The number of carbonyl (C=O) groups is 1. The lowest BCUT2D eigenvalue weighted by Gasteiger charge is -2.29. The smallest absolute Gasteiger partial charge is 0.231 e. The summed E-state index contributed by atoms with van der Waals surface area (Å²) in [5, 5.41) is 0. The summed E-state index contributed by atoms with van der Waals surface area (Å²) in [6, 6.07) is 6.20. The van der Waals surface area contributed by atoms with E-state index in [1.54, 1.807) is 0 Å². The van der Waals surface area contributed by atoms with Crippen molar-refractivity contribution in [2.75, 3.05) is 13.3 Å². The van der Waals surface area contributed by atoms with Crippen molar-refractivity contribution in [2.24, 2.45) is 5.92 Å². The molecule has 0 saturated carbocycles. The third-order valence-corrected chi connectivity index (χ3v) is 4.38. The maximum atomic E-state index is 12.4. The third-order valence-electron chi connectivity index (χ3n) is 4.38. The second-order valence-electron chi connectivity index (χ2n) is 6.14. The van der Waals surface area contributed by atoms with E-state index in [1.807, 2.05) is 24.0 Å². The number of ether oxygens (including phenoxy) is 2. The van der Waals surface area contributed by atoms with Gasteiger partial charge in [0.1, 0.15) is 0 Å². The number of fused-ring (bicyclic) bond motifs is 1. The summed E-state index contributed by atoms with van der Waals surface area (Å²) in [6.07, 6.45) is 2.51. The monoisotopic (exact) mass is 305 g/mol. The van der Waals surface area contributed by atoms with Gasteiger partial charge in [0, 0.05) is 19.0 Å². The van der Waals surface area contributed by atoms with Crippen LogP contribution in [0, 0.1) is 5.92 Å². The minimum absolute atomic E-state index is 0.182. The van der Waals surface area contributed by atoms with Crippen molar-refractivity contribution in [3.63, 3.8) is 0 Å². The van der Waals surface area contributed by atoms with Crippen molar-refractivity contribution in [1.82, 2.24) is 4.90 Å². The first-order valence-electron chi connectivity index (χ1n) is 8.23. The van der Waals surface area contributed by atoms with Crippen molar-refractivity contribution < 1.29 is 14.3 Å². The summed E-state index contributed by atoms with van der Waals surface area (Å²) in [7, 11) is 0. The molecule has 0 aromatic heterocycles. The molecule has 0 radical (unpaired) electrons. The maximum absolute atomic E-state index is 12.4. The van der Waals surface area contributed by atoms with Gasteiger partial charge >= 0.3 is 0 Å². The number of benzene rings is 1. The van der Waals surface area contributed by atoms with Crippen molar-refractivity contribution in [3.05, 3.63) is 23.8 Å². The molecule has 1 aromatic rings. The van der Waals surface area contributed by atoms with E-state index in [2.05, 4.69) is 26.8 Å². The number of carbonyl (C=O) groups excluding carboxylic acids is 1. The molecule has 1 aromatic carbocycles. The van der Waals surface area contributed by atoms with Gasteiger partial charge in [-0.15, -0.1) is 0 Å². The number of likely N-dealkylation sites (N-methyl/N-ethyl adjacent to an activating group) is 1. The Morgan fingerprint density at radius 1 is 1.23 bits per heavy atom. The highest BCUT2D eigenvalue weighted by atomic mass is 16.7. The second-order valence-corrected chi connectivity index (χ2v) is 6.14. The Bertz CT molecular complexity index is 515. The largest absolute Gasteiger partial charge is 0.454 e. The molecule has 0 bridgehead atoms. The molecule has 0 N–H and O–H groups in total. The lowest BCUT2D eigenvalue weighted by Crippen LogP contribution is -2.40. The van der Waals surface area contributed by atoms with E-state index < -0.39 is 0 Å². The fourth-order valence-electron chi connectivity index (χ4n) is 2.81. The zero-order valence-electron chi connectivity index (χ0n) is 14.1. The first-order valence-corrected chi connectivity index (χ1v) is 8.23. The zero-order valence-corrected chi connectivity index (χ0v) is 14.1. The molecule has 1 aliphatic rings. The minimum Gasteiger partial charge on any atom is -0.454 e. The standard InChI is InChI=1S/C18H27NO3/c1-5-13(3)9-18(20)19(6-2)14(4)10-15-7-8-16-17(11-15)22-12-21-16/h7-8,11,13-14H,5-6,9-10,12H2,1-4H3. The van der Waals surface area contributed by atoms with Gasteiger partial charge in [-0.1, -0.05) is 26.3 Å². The molecule has 0 aliphatic carbocycles. The van der Waals surface area contributed by atoms with Gasteiger partial charge in [-0.05, 0) is 43.9 Å². The summed E-state index contributed by atoms with van der Waals surface area (Å²) in [6.45, 7) is 9.47. The minimum atomic E-state index is 0.182. The number of rotatable bonds is 7. The Morgan fingerprint density at radius 3 is 2.64 bits per heavy atom. The number of amides is 1. The lowest BCUT2D eigenvalue weighted by atomic mass is 10.0. The first kappa shape index (κ1) is 16.7. The van der Waals surface area contributed by atoms with Gasteiger partial charge in [-0.2, -0.15) is 0 Å². The SMILES string of the molecule is CCC(C)CC(=O)N(CC)C(C)Cc1ccc2c(c1)OCO2. The van der Waals surface area contributed by atoms with Gasteiger partial charge in [0.25, 0.3) is 0 Å². The molecule has 2 atom stereocenters. The normalized spacial score (nSPS) is 15.5. The van der Waals surface area contributed by atoms with E-state index in [-0.39, 0.29) is 11.9 Å². The molecule has 122 valence electrons. The third kappa shape index (κ3) is 3.93. The van der Waals surface area contributed by atoms with Crippen LogP contribution in [0.1, 0.15) is 46.1 Å².